The molecule has 2 aromatic rings. The molecule has 25 heavy (non-hydrogen) atoms. The second-order valence-electron chi connectivity index (χ2n) is 6.33. The molecule has 1 aromatic heterocycles. The first-order valence-electron chi connectivity index (χ1n) is 8.49. The van der Waals surface area contributed by atoms with Crippen molar-refractivity contribution in [2.45, 2.75) is 18.9 Å². The standard InChI is InChI=1S/C19H22ClN3O2/c20-17-3-1-15(2-4-17)18(16-5-9-21-10-6-16)22-19(25)23-11-7-14(13-24)8-12-23/h1-6,9-10,14,18,24H,7-8,11-13H2,(H,22,25). The van der Waals surface area contributed by atoms with Crippen LogP contribution in [0.3, 0.4) is 0 Å². The Morgan fingerprint density at radius 3 is 2.36 bits per heavy atom. The third-order valence-corrected chi connectivity index (χ3v) is 4.92. The van der Waals surface area contributed by atoms with E-state index < -0.39 is 0 Å². The first-order chi connectivity index (χ1) is 12.2. The molecular weight excluding hydrogens is 338 g/mol. The second-order valence-corrected chi connectivity index (χ2v) is 6.76. The summed E-state index contributed by atoms with van der Waals surface area (Å²) in [4.78, 5) is 18.6. The minimum Gasteiger partial charge on any atom is -0.396 e. The van der Waals surface area contributed by atoms with Gasteiger partial charge in [-0.1, -0.05) is 23.7 Å². The Morgan fingerprint density at radius 2 is 1.76 bits per heavy atom. The van der Waals surface area contributed by atoms with Crippen LogP contribution in [0.25, 0.3) is 0 Å². The van der Waals surface area contributed by atoms with E-state index >= 15 is 0 Å². The van der Waals surface area contributed by atoms with E-state index in [0.29, 0.717) is 24.0 Å². The highest BCUT2D eigenvalue weighted by Gasteiger charge is 2.25. The number of amides is 2. The van der Waals surface area contributed by atoms with Crippen molar-refractivity contribution in [2.24, 2.45) is 5.92 Å². The van der Waals surface area contributed by atoms with E-state index in [2.05, 4.69) is 10.3 Å². The van der Waals surface area contributed by atoms with Crippen LogP contribution in [0.5, 0.6) is 0 Å². The number of piperidine rings is 1. The predicted octanol–water partition coefficient (Wildman–Crippen LogP) is 3.24. The molecule has 6 heteroatoms. The number of aliphatic hydroxyl groups is 1. The van der Waals surface area contributed by atoms with Gasteiger partial charge >= 0.3 is 6.03 Å². The minimum absolute atomic E-state index is 0.0897. The zero-order valence-electron chi connectivity index (χ0n) is 13.9. The maximum Gasteiger partial charge on any atom is 0.318 e. The van der Waals surface area contributed by atoms with Crippen molar-refractivity contribution in [1.29, 1.82) is 0 Å². The molecule has 1 fully saturated rings. The summed E-state index contributed by atoms with van der Waals surface area (Å²) in [6.07, 6.45) is 5.11. The lowest BCUT2D eigenvalue weighted by Gasteiger charge is -2.32. The first-order valence-corrected chi connectivity index (χ1v) is 8.87. The van der Waals surface area contributed by atoms with Crippen LogP contribution in [0, 0.1) is 5.92 Å². The van der Waals surface area contributed by atoms with Gasteiger partial charge in [0.25, 0.3) is 0 Å². The van der Waals surface area contributed by atoms with Crippen LogP contribution < -0.4 is 5.32 Å². The molecule has 1 aliphatic rings. The number of nitrogens with one attached hydrogen (secondary N) is 1. The molecule has 0 bridgehead atoms. The molecule has 1 atom stereocenters. The molecular formula is C19H22ClN3O2. The van der Waals surface area contributed by atoms with Crippen LogP contribution >= 0.6 is 11.6 Å². The van der Waals surface area contributed by atoms with E-state index in [1.54, 1.807) is 12.4 Å². The molecule has 0 spiro atoms. The van der Waals surface area contributed by atoms with Crippen LogP contribution in [0.1, 0.15) is 30.0 Å². The highest BCUT2D eigenvalue weighted by atomic mass is 35.5. The molecule has 5 nitrogen and oxygen atoms in total. The van der Waals surface area contributed by atoms with Crippen molar-refractivity contribution >= 4 is 17.6 Å². The first kappa shape index (κ1) is 17.7. The summed E-state index contributed by atoms with van der Waals surface area (Å²) in [6.45, 7) is 1.53. The zero-order valence-corrected chi connectivity index (χ0v) is 14.7. The molecule has 3 rings (SSSR count). The maximum absolute atomic E-state index is 12.7. The van der Waals surface area contributed by atoms with E-state index in [1.807, 2.05) is 41.3 Å². The van der Waals surface area contributed by atoms with Gasteiger partial charge in [-0.3, -0.25) is 4.98 Å². The molecule has 0 radical (unpaired) electrons. The smallest absolute Gasteiger partial charge is 0.318 e. The third kappa shape index (κ3) is 4.50. The van der Waals surface area contributed by atoms with Gasteiger partial charge in [0.15, 0.2) is 0 Å². The Labute approximate surface area is 152 Å². The highest BCUT2D eigenvalue weighted by Crippen LogP contribution is 2.24. The van der Waals surface area contributed by atoms with Gasteiger partial charge in [-0.15, -0.1) is 0 Å². The van der Waals surface area contributed by atoms with Crippen molar-refractivity contribution in [3.63, 3.8) is 0 Å². The number of aliphatic hydroxyl groups excluding tert-OH is 1. The monoisotopic (exact) mass is 359 g/mol. The van der Waals surface area contributed by atoms with Crippen LogP contribution in [0.4, 0.5) is 4.79 Å². The summed E-state index contributed by atoms with van der Waals surface area (Å²) >= 11 is 5.99. The largest absolute Gasteiger partial charge is 0.396 e. The molecule has 1 unspecified atom stereocenters. The number of hydrogen-bond acceptors (Lipinski definition) is 3. The molecule has 0 aliphatic carbocycles. The summed E-state index contributed by atoms with van der Waals surface area (Å²) < 4.78 is 0. The van der Waals surface area contributed by atoms with Crippen LogP contribution in [0.2, 0.25) is 5.02 Å². The summed E-state index contributed by atoms with van der Waals surface area (Å²) in [5, 5.41) is 13.0. The molecule has 2 amide bonds. The van der Waals surface area contributed by atoms with Gasteiger partial charge < -0.3 is 15.3 Å². The van der Waals surface area contributed by atoms with E-state index in [-0.39, 0.29) is 18.7 Å². The Balaban J connectivity index is 1.76. The quantitative estimate of drug-likeness (QED) is 0.880. The van der Waals surface area contributed by atoms with Crippen LogP contribution in [-0.4, -0.2) is 40.7 Å². The van der Waals surface area contributed by atoms with Crippen molar-refractivity contribution in [1.82, 2.24) is 15.2 Å². The number of benzene rings is 1. The van der Waals surface area contributed by atoms with Crippen molar-refractivity contribution in [2.75, 3.05) is 19.7 Å². The molecule has 1 aromatic carbocycles. The number of carbonyl (C=O) groups excluding carboxylic acids is 1. The van der Waals surface area contributed by atoms with Crippen LogP contribution in [0.15, 0.2) is 48.8 Å². The number of urea groups is 1. The minimum atomic E-state index is -0.261. The Morgan fingerprint density at radius 1 is 1.16 bits per heavy atom. The number of aromatic nitrogens is 1. The van der Waals surface area contributed by atoms with Crippen molar-refractivity contribution in [3.05, 3.63) is 64.9 Å². The SMILES string of the molecule is O=C(NC(c1ccncc1)c1ccc(Cl)cc1)N1CCC(CO)CC1. The number of likely N-dealkylation sites (tertiary alicyclic amines) is 1. The lowest BCUT2D eigenvalue weighted by atomic mass is 9.97. The van der Waals surface area contributed by atoms with Gasteiger partial charge in [0.2, 0.25) is 0 Å². The van der Waals surface area contributed by atoms with Gasteiger partial charge in [0.05, 0.1) is 6.04 Å². The average Bonchev–Trinajstić information content (AvgIpc) is 2.67. The normalized spacial score (nSPS) is 16.5. The Hall–Kier alpha value is -2.11. The molecule has 2 heterocycles. The predicted molar refractivity (Wildman–Crippen MR) is 97.4 cm³/mol. The van der Waals surface area contributed by atoms with Gasteiger partial charge in [-0.2, -0.15) is 0 Å². The lowest BCUT2D eigenvalue weighted by Crippen LogP contribution is -2.46. The summed E-state index contributed by atoms with van der Waals surface area (Å²) in [6, 6.07) is 10.9. The van der Waals surface area contributed by atoms with E-state index in [4.69, 9.17) is 11.6 Å². The zero-order chi connectivity index (χ0) is 17.6. The molecule has 2 N–H and O–H groups in total. The summed E-state index contributed by atoms with van der Waals surface area (Å²) in [5.41, 5.74) is 1.94. The van der Waals surface area contributed by atoms with Gasteiger partial charge in [-0.25, -0.2) is 4.79 Å². The Kier molecular flexibility index (Phi) is 5.89. The summed E-state index contributed by atoms with van der Waals surface area (Å²) in [5.74, 6) is 0.302. The highest BCUT2D eigenvalue weighted by molar-refractivity contribution is 6.30. The van der Waals surface area contributed by atoms with Crippen molar-refractivity contribution in [3.8, 4) is 0 Å². The summed E-state index contributed by atoms with van der Waals surface area (Å²) in [7, 11) is 0. The topological polar surface area (TPSA) is 65.5 Å². The van der Waals surface area contributed by atoms with Crippen LogP contribution in [-0.2, 0) is 0 Å². The number of hydrogen-bond donors (Lipinski definition) is 2. The number of halogens is 1. The number of nitrogens with zero attached hydrogens (tertiary/aromatic N) is 2. The van der Waals surface area contributed by atoms with E-state index in [0.717, 1.165) is 24.0 Å². The fourth-order valence-corrected chi connectivity index (χ4v) is 3.23. The molecule has 0 saturated carbocycles. The maximum atomic E-state index is 12.7. The van der Waals surface area contributed by atoms with Gasteiger partial charge in [0.1, 0.15) is 0 Å². The number of rotatable bonds is 4. The average molecular weight is 360 g/mol. The van der Waals surface area contributed by atoms with E-state index in [1.165, 1.54) is 0 Å². The number of pyridine rings is 1. The third-order valence-electron chi connectivity index (χ3n) is 4.67. The van der Waals surface area contributed by atoms with E-state index in [9.17, 15) is 9.90 Å². The van der Waals surface area contributed by atoms with Gasteiger partial charge in [0, 0.05) is 37.1 Å². The lowest BCUT2D eigenvalue weighted by molar-refractivity contribution is 0.136. The molecule has 1 aliphatic heterocycles. The van der Waals surface area contributed by atoms with Crippen molar-refractivity contribution < 1.29 is 9.90 Å². The molecule has 1 saturated heterocycles. The number of carbonyl (C=O) groups is 1. The fraction of sp³-hybridized carbons (Fsp3) is 0.368. The molecule has 132 valence electrons. The van der Waals surface area contributed by atoms with Gasteiger partial charge in [-0.05, 0) is 54.2 Å². The fourth-order valence-electron chi connectivity index (χ4n) is 3.10. The Bertz CT molecular complexity index is 686. The second kappa shape index (κ2) is 8.32.